The SMILES string of the molecule is CCNc1nc(NC(C)C)nc(SC)n1.CNc1nc(N=[N+]=[N-])nc(NC(C)C)n1. The Morgan fingerprint density at radius 3 is 1.93 bits per heavy atom. The molecule has 0 aliphatic heterocycles. The smallest absolute Gasteiger partial charge is 0.228 e. The first-order valence-electron chi connectivity index (χ1n) is 9.37. The molecular formula is C16H29N13S. The van der Waals surface area contributed by atoms with Gasteiger partial charge in [0, 0.05) is 30.6 Å². The van der Waals surface area contributed by atoms with Crippen LogP contribution >= 0.6 is 11.8 Å². The first-order valence-corrected chi connectivity index (χ1v) is 10.6. The highest BCUT2D eigenvalue weighted by atomic mass is 32.2. The van der Waals surface area contributed by atoms with E-state index in [9.17, 15) is 0 Å². The van der Waals surface area contributed by atoms with Crippen molar-refractivity contribution in [1.82, 2.24) is 29.9 Å². The number of anilines is 4. The average Bonchev–Trinajstić information content (AvgIpc) is 2.67. The van der Waals surface area contributed by atoms with Crippen LogP contribution < -0.4 is 21.3 Å². The van der Waals surface area contributed by atoms with Gasteiger partial charge in [-0.3, -0.25) is 0 Å². The molecule has 0 aliphatic carbocycles. The van der Waals surface area contributed by atoms with Gasteiger partial charge in [0.2, 0.25) is 29.7 Å². The molecule has 2 rings (SSSR count). The lowest BCUT2D eigenvalue weighted by Crippen LogP contribution is -2.15. The molecule has 0 atom stereocenters. The zero-order valence-corrected chi connectivity index (χ0v) is 19.1. The fourth-order valence-electron chi connectivity index (χ4n) is 1.89. The summed E-state index contributed by atoms with van der Waals surface area (Å²) < 4.78 is 0. The van der Waals surface area contributed by atoms with Crippen LogP contribution in [0, 0.1) is 0 Å². The Morgan fingerprint density at radius 1 is 0.900 bits per heavy atom. The Hall–Kier alpha value is -3.12. The Bertz CT molecular complexity index is 836. The number of hydrogen-bond acceptors (Lipinski definition) is 12. The Morgan fingerprint density at radius 2 is 1.43 bits per heavy atom. The van der Waals surface area contributed by atoms with Crippen molar-refractivity contribution in [3.05, 3.63) is 10.4 Å². The summed E-state index contributed by atoms with van der Waals surface area (Å²) in [6, 6.07) is 0.507. The van der Waals surface area contributed by atoms with Crippen LogP contribution in [0.5, 0.6) is 0 Å². The second kappa shape index (κ2) is 13.2. The van der Waals surface area contributed by atoms with Gasteiger partial charge in [0.1, 0.15) is 0 Å². The van der Waals surface area contributed by atoms with E-state index in [1.165, 1.54) is 11.8 Å². The van der Waals surface area contributed by atoms with Crippen molar-refractivity contribution in [2.75, 3.05) is 41.1 Å². The molecule has 0 aromatic carbocycles. The molecule has 0 unspecified atom stereocenters. The maximum Gasteiger partial charge on any atom is 0.228 e. The predicted molar refractivity (Wildman–Crippen MR) is 121 cm³/mol. The molecule has 14 heteroatoms. The largest absolute Gasteiger partial charge is 0.357 e. The topological polar surface area (TPSA) is 174 Å². The maximum atomic E-state index is 8.27. The molecular weight excluding hydrogens is 406 g/mol. The summed E-state index contributed by atoms with van der Waals surface area (Å²) in [5.74, 6) is 2.03. The summed E-state index contributed by atoms with van der Waals surface area (Å²) >= 11 is 1.51. The molecule has 2 heterocycles. The minimum absolute atomic E-state index is 0.0417. The van der Waals surface area contributed by atoms with Gasteiger partial charge in [-0.2, -0.15) is 29.9 Å². The van der Waals surface area contributed by atoms with E-state index in [0.717, 1.165) is 11.7 Å². The van der Waals surface area contributed by atoms with Gasteiger partial charge in [-0.25, -0.2) is 0 Å². The summed E-state index contributed by atoms with van der Waals surface area (Å²) in [7, 11) is 1.67. The molecule has 0 spiro atoms. The number of nitrogens with one attached hydrogen (secondary N) is 4. The number of rotatable bonds is 9. The minimum Gasteiger partial charge on any atom is -0.357 e. The number of thioether (sulfide) groups is 1. The molecule has 164 valence electrons. The summed E-state index contributed by atoms with van der Waals surface area (Å²) in [5.41, 5.74) is 8.27. The molecule has 0 aliphatic rings. The molecule has 13 nitrogen and oxygen atoms in total. The molecule has 0 fully saturated rings. The Labute approximate surface area is 180 Å². The van der Waals surface area contributed by atoms with Gasteiger partial charge in [0.25, 0.3) is 0 Å². The van der Waals surface area contributed by atoms with Gasteiger partial charge >= 0.3 is 0 Å². The second-order valence-electron chi connectivity index (χ2n) is 6.32. The van der Waals surface area contributed by atoms with E-state index in [4.69, 9.17) is 5.53 Å². The molecule has 0 saturated heterocycles. The van der Waals surface area contributed by atoms with Gasteiger partial charge in [0.15, 0.2) is 5.16 Å². The molecule has 0 saturated carbocycles. The predicted octanol–water partition coefficient (Wildman–Crippen LogP) is 3.52. The van der Waals surface area contributed by atoms with Crippen molar-refractivity contribution in [3.63, 3.8) is 0 Å². The van der Waals surface area contributed by atoms with E-state index >= 15 is 0 Å². The first kappa shape index (κ1) is 24.9. The Kier molecular flexibility index (Phi) is 10.9. The van der Waals surface area contributed by atoms with Crippen LogP contribution in [0.25, 0.3) is 10.4 Å². The van der Waals surface area contributed by atoms with E-state index < -0.39 is 0 Å². The Balaban J connectivity index is 0.000000300. The van der Waals surface area contributed by atoms with E-state index in [1.807, 2.05) is 27.0 Å². The molecule has 30 heavy (non-hydrogen) atoms. The third kappa shape index (κ3) is 9.39. The standard InChI is InChI=1S/C9H17N5S.C7H12N8/c1-5-10-7-12-8(11-6(2)3)14-9(13-7)15-4;1-4(2)10-6-11-5(9-3)12-7(13-6)14-15-8/h6H,5H2,1-4H3,(H2,10,11,12,13,14);4H,1-3H3,(H2,9,10,11,12,13). The quantitative estimate of drug-likeness (QED) is 0.196. The molecule has 0 amide bonds. The summed E-state index contributed by atoms with van der Waals surface area (Å²) in [4.78, 5) is 27.2. The van der Waals surface area contributed by atoms with E-state index in [1.54, 1.807) is 7.05 Å². The molecule has 2 aromatic rings. The summed E-state index contributed by atoms with van der Waals surface area (Å²) in [6.07, 6.45) is 1.95. The molecule has 4 N–H and O–H groups in total. The number of hydrogen-bond donors (Lipinski definition) is 4. The van der Waals surface area contributed by atoms with E-state index in [-0.39, 0.29) is 12.0 Å². The van der Waals surface area contributed by atoms with E-state index in [0.29, 0.717) is 29.8 Å². The molecule has 0 radical (unpaired) electrons. The van der Waals surface area contributed by atoms with Crippen LogP contribution in [0.4, 0.5) is 29.7 Å². The van der Waals surface area contributed by atoms with Crippen molar-refractivity contribution in [2.45, 2.75) is 51.9 Å². The van der Waals surface area contributed by atoms with Crippen LogP contribution in [0.1, 0.15) is 34.6 Å². The molecule has 0 bridgehead atoms. The number of azide groups is 1. The van der Waals surface area contributed by atoms with Crippen molar-refractivity contribution in [2.24, 2.45) is 5.11 Å². The normalized spacial score (nSPS) is 10.0. The monoisotopic (exact) mass is 435 g/mol. The van der Waals surface area contributed by atoms with Crippen molar-refractivity contribution < 1.29 is 0 Å². The highest BCUT2D eigenvalue weighted by Crippen LogP contribution is 2.14. The lowest BCUT2D eigenvalue weighted by molar-refractivity contribution is 0.835. The van der Waals surface area contributed by atoms with Gasteiger partial charge in [-0.15, -0.1) is 0 Å². The van der Waals surface area contributed by atoms with Gasteiger partial charge < -0.3 is 21.3 Å². The lowest BCUT2D eigenvalue weighted by Gasteiger charge is -2.10. The fourth-order valence-corrected chi connectivity index (χ4v) is 2.25. The van der Waals surface area contributed by atoms with Crippen LogP contribution in [-0.4, -0.2) is 61.8 Å². The lowest BCUT2D eigenvalue weighted by atomic mass is 10.4. The first-order chi connectivity index (χ1) is 14.3. The van der Waals surface area contributed by atoms with Gasteiger partial charge in [0.05, 0.1) is 0 Å². The highest BCUT2D eigenvalue weighted by Gasteiger charge is 2.06. The van der Waals surface area contributed by atoms with Crippen molar-refractivity contribution >= 4 is 41.5 Å². The third-order valence-electron chi connectivity index (χ3n) is 2.95. The van der Waals surface area contributed by atoms with Crippen molar-refractivity contribution in [1.29, 1.82) is 0 Å². The van der Waals surface area contributed by atoms with Crippen LogP contribution in [0.2, 0.25) is 0 Å². The van der Waals surface area contributed by atoms with Crippen molar-refractivity contribution in [3.8, 4) is 0 Å². The zero-order valence-electron chi connectivity index (χ0n) is 18.3. The summed E-state index contributed by atoms with van der Waals surface area (Å²) in [5, 5.41) is 16.0. The second-order valence-corrected chi connectivity index (χ2v) is 7.09. The third-order valence-corrected chi connectivity index (χ3v) is 3.50. The van der Waals surface area contributed by atoms with Gasteiger partial charge in [-0.05, 0) is 51.5 Å². The van der Waals surface area contributed by atoms with Crippen LogP contribution in [-0.2, 0) is 0 Å². The zero-order chi connectivity index (χ0) is 22.5. The van der Waals surface area contributed by atoms with Crippen LogP contribution in [0.15, 0.2) is 10.3 Å². The summed E-state index contributed by atoms with van der Waals surface area (Å²) in [6.45, 7) is 10.8. The van der Waals surface area contributed by atoms with E-state index in [2.05, 4.69) is 75.0 Å². The molecule has 2 aromatic heterocycles. The van der Waals surface area contributed by atoms with Crippen LogP contribution in [0.3, 0.4) is 0 Å². The highest BCUT2D eigenvalue weighted by molar-refractivity contribution is 7.98. The number of aromatic nitrogens is 6. The maximum absolute atomic E-state index is 8.27. The number of nitrogens with zero attached hydrogens (tertiary/aromatic N) is 9. The van der Waals surface area contributed by atoms with Gasteiger partial charge in [-0.1, -0.05) is 11.8 Å². The average molecular weight is 436 g/mol. The fraction of sp³-hybridized carbons (Fsp3) is 0.625. The minimum atomic E-state index is 0.0417.